The van der Waals surface area contributed by atoms with E-state index in [2.05, 4.69) is 5.32 Å². The molecule has 2 aliphatic rings. The van der Waals surface area contributed by atoms with Crippen LogP contribution in [0.1, 0.15) is 29.1 Å². The van der Waals surface area contributed by atoms with Gasteiger partial charge in [0.1, 0.15) is 12.2 Å². The molecule has 1 amide bonds. The molecule has 34 heavy (non-hydrogen) atoms. The van der Waals surface area contributed by atoms with Gasteiger partial charge in [0.25, 0.3) is 5.91 Å². The quantitative estimate of drug-likeness (QED) is 0.310. The molecular formula is C26H23N3O5. The van der Waals surface area contributed by atoms with Crippen molar-refractivity contribution in [3.05, 3.63) is 59.7 Å². The van der Waals surface area contributed by atoms with Gasteiger partial charge in [-0.2, -0.15) is 0 Å². The van der Waals surface area contributed by atoms with Gasteiger partial charge < -0.3 is 34.5 Å². The number of aromatic nitrogens is 2. The first kappa shape index (κ1) is 20.0. The first-order chi connectivity index (χ1) is 16.4. The lowest BCUT2D eigenvalue weighted by molar-refractivity contribution is -0.179. The maximum absolute atomic E-state index is 13.2. The Kier molecular flexibility index (Phi) is 3.74. The fraction of sp³-hybridized carbons (Fsp3) is 0.269. The molecule has 0 fully saturated rings. The summed E-state index contributed by atoms with van der Waals surface area (Å²) in [5.41, 5.74) is 2.78. The molecule has 4 atom stereocenters. The number of nitrogens with zero attached hydrogens (tertiary/aromatic N) is 2. The summed E-state index contributed by atoms with van der Waals surface area (Å²) in [5, 5.41) is 39.4. The van der Waals surface area contributed by atoms with E-state index in [4.69, 9.17) is 4.74 Å². The van der Waals surface area contributed by atoms with E-state index in [1.54, 1.807) is 6.92 Å². The second-order valence-electron chi connectivity index (χ2n) is 9.36. The normalized spacial score (nSPS) is 26.5. The maximum atomic E-state index is 13.2. The second-order valence-corrected chi connectivity index (χ2v) is 9.36. The zero-order valence-electron chi connectivity index (χ0n) is 18.6. The summed E-state index contributed by atoms with van der Waals surface area (Å²) in [5.74, 6) is -0.332. The summed E-state index contributed by atoms with van der Waals surface area (Å²) < 4.78 is 9.83. The summed E-state index contributed by atoms with van der Waals surface area (Å²) in [6, 6.07) is 15.4. The zero-order valence-corrected chi connectivity index (χ0v) is 18.6. The molecule has 7 rings (SSSR count). The Labute approximate surface area is 193 Å². The lowest BCUT2D eigenvalue weighted by Gasteiger charge is -2.40. The number of nitrogens with one attached hydrogen (secondary N) is 1. The first-order valence-corrected chi connectivity index (χ1v) is 11.3. The third-order valence-corrected chi connectivity index (χ3v) is 7.77. The van der Waals surface area contributed by atoms with Crippen molar-refractivity contribution in [2.24, 2.45) is 0 Å². The number of aliphatic hydroxyl groups excluding tert-OH is 3. The number of hydrogen-bond donors (Lipinski definition) is 4. The van der Waals surface area contributed by atoms with Crippen LogP contribution in [0.15, 0.2) is 48.5 Å². The van der Waals surface area contributed by atoms with Gasteiger partial charge in [0, 0.05) is 39.7 Å². The maximum Gasteiger partial charge on any atom is 0.254 e. The summed E-state index contributed by atoms with van der Waals surface area (Å²) in [4.78, 5) is 13.2. The van der Waals surface area contributed by atoms with E-state index in [0.29, 0.717) is 11.1 Å². The highest BCUT2D eigenvalue weighted by molar-refractivity contribution is 6.31. The summed E-state index contributed by atoms with van der Waals surface area (Å²) in [6.45, 7) is 1.87. The molecular weight excluding hydrogens is 434 g/mol. The molecule has 4 N–H and O–H groups in total. The van der Waals surface area contributed by atoms with Crippen LogP contribution >= 0.6 is 0 Å². The van der Waals surface area contributed by atoms with E-state index in [1.165, 1.54) is 7.11 Å². The predicted octanol–water partition coefficient (Wildman–Crippen LogP) is 2.69. The van der Waals surface area contributed by atoms with Crippen LogP contribution < -0.4 is 5.32 Å². The van der Waals surface area contributed by atoms with E-state index < -0.39 is 24.2 Å². The molecule has 2 aliphatic heterocycles. The van der Waals surface area contributed by atoms with Gasteiger partial charge in [0.15, 0.2) is 12.0 Å². The van der Waals surface area contributed by atoms with Crippen LogP contribution in [0.5, 0.6) is 0 Å². The average Bonchev–Trinajstić information content (AvgIpc) is 3.45. The number of amides is 1. The van der Waals surface area contributed by atoms with E-state index in [9.17, 15) is 20.1 Å². The smallest absolute Gasteiger partial charge is 0.254 e. The highest BCUT2D eigenvalue weighted by Gasteiger charge is 2.46. The molecule has 5 aromatic rings. The van der Waals surface area contributed by atoms with Gasteiger partial charge in [-0.15, -0.1) is 0 Å². The van der Waals surface area contributed by atoms with Crippen LogP contribution in [-0.2, 0) is 17.0 Å². The summed E-state index contributed by atoms with van der Waals surface area (Å²) in [7, 11) is 1.51. The highest BCUT2D eigenvalue weighted by atomic mass is 16.5. The molecule has 172 valence electrons. The number of hydrogen-bond acceptors (Lipinski definition) is 5. The standard InChI is InChI=1S/C26H23N3O5/c1-26(34-2)23(31)16(30)11-28-14-9-5-3-7-12(14)17-19-20(25(33)27-24(19)32)18-13-8-4-6-10-15(13)29(26)22(18)21(17)28/h3-10,16,23,25,30-31,33H,11H2,1-2H3,(H,27,32). The molecule has 0 bridgehead atoms. The van der Waals surface area contributed by atoms with Crippen LogP contribution in [0.25, 0.3) is 43.6 Å². The topological polar surface area (TPSA) is 109 Å². The molecule has 3 aromatic carbocycles. The average molecular weight is 457 g/mol. The molecule has 8 nitrogen and oxygen atoms in total. The Balaban J connectivity index is 1.91. The molecule has 2 aromatic heterocycles. The number of methoxy groups -OCH3 is 1. The van der Waals surface area contributed by atoms with Gasteiger partial charge in [-0.25, -0.2) is 0 Å². The molecule has 4 heterocycles. The number of carbonyl (C=O) groups is 1. The van der Waals surface area contributed by atoms with Crippen molar-refractivity contribution in [2.75, 3.05) is 7.11 Å². The second kappa shape index (κ2) is 6.37. The van der Waals surface area contributed by atoms with Gasteiger partial charge in [-0.1, -0.05) is 36.4 Å². The molecule has 0 saturated carbocycles. The number of ether oxygens (including phenoxy) is 1. The minimum absolute atomic E-state index is 0.115. The van der Waals surface area contributed by atoms with Gasteiger partial charge in [-0.3, -0.25) is 4.79 Å². The monoisotopic (exact) mass is 457 g/mol. The number of aliphatic hydroxyl groups is 3. The summed E-state index contributed by atoms with van der Waals surface area (Å²) in [6.07, 6.45) is -3.55. The SMILES string of the molecule is COC1(C)C(O)C(O)Cn2c3ccccc3c3c4c(c5c6ccccc6n1c5c32)C(O)NC4=O. The van der Waals surface area contributed by atoms with Crippen molar-refractivity contribution in [3.8, 4) is 0 Å². The molecule has 4 unspecified atom stereocenters. The van der Waals surface area contributed by atoms with Crippen molar-refractivity contribution in [2.45, 2.75) is 37.6 Å². The molecule has 0 aliphatic carbocycles. The number of para-hydroxylation sites is 2. The van der Waals surface area contributed by atoms with Crippen LogP contribution in [-0.4, -0.2) is 49.7 Å². The van der Waals surface area contributed by atoms with Crippen molar-refractivity contribution in [1.82, 2.24) is 14.5 Å². The van der Waals surface area contributed by atoms with Gasteiger partial charge in [-0.05, 0) is 19.1 Å². The number of carbonyl (C=O) groups excluding carboxylic acids is 1. The van der Waals surface area contributed by atoms with Crippen LogP contribution in [0.4, 0.5) is 0 Å². The molecule has 0 saturated heterocycles. The number of fused-ring (bicyclic) bond motifs is 9. The van der Waals surface area contributed by atoms with Crippen molar-refractivity contribution < 1.29 is 24.9 Å². The largest absolute Gasteiger partial charge is 0.388 e. The molecule has 0 radical (unpaired) electrons. The minimum Gasteiger partial charge on any atom is -0.388 e. The fourth-order valence-electron chi connectivity index (χ4n) is 6.22. The third kappa shape index (κ3) is 2.11. The Morgan fingerprint density at radius 1 is 0.971 bits per heavy atom. The van der Waals surface area contributed by atoms with Crippen molar-refractivity contribution in [1.29, 1.82) is 0 Å². The fourth-order valence-corrected chi connectivity index (χ4v) is 6.22. The first-order valence-electron chi connectivity index (χ1n) is 11.3. The lowest BCUT2D eigenvalue weighted by atomic mass is 9.95. The zero-order chi connectivity index (χ0) is 23.5. The van der Waals surface area contributed by atoms with Crippen molar-refractivity contribution >= 4 is 49.5 Å². The minimum atomic E-state index is -1.31. The third-order valence-electron chi connectivity index (χ3n) is 7.77. The number of benzene rings is 3. The Bertz CT molecular complexity index is 1700. The van der Waals surface area contributed by atoms with E-state index in [1.807, 2.05) is 57.7 Å². The Hall–Kier alpha value is -3.43. The summed E-state index contributed by atoms with van der Waals surface area (Å²) >= 11 is 0. The molecule has 8 heteroatoms. The van der Waals surface area contributed by atoms with Crippen molar-refractivity contribution in [3.63, 3.8) is 0 Å². The Morgan fingerprint density at radius 2 is 1.62 bits per heavy atom. The van der Waals surface area contributed by atoms with Gasteiger partial charge >= 0.3 is 0 Å². The van der Waals surface area contributed by atoms with Gasteiger partial charge in [0.2, 0.25) is 0 Å². The Morgan fingerprint density at radius 3 is 2.32 bits per heavy atom. The van der Waals surface area contributed by atoms with E-state index in [-0.39, 0.29) is 12.5 Å². The van der Waals surface area contributed by atoms with Gasteiger partial charge in [0.05, 0.1) is 28.7 Å². The highest BCUT2D eigenvalue weighted by Crippen LogP contribution is 2.49. The molecule has 0 spiro atoms. The van der Waals surface area contributed by atoms with Crippen LogP contribution in [0, 0.1) is 0 Å². The lowest BCUT2D eigenvalue weighted by Crippen LogP contribution is -2.52. The van der Waals surface area contributed by atoms with E-state index in [0.717, 1.165) is 43.6 Å². The predicted molar refractivity (Wildman–Crippen MR) is 128 cm³/mol. The van der Waals surface area contributed by atoms with E-state index >= 15 is 0 Å². The number of rotatable bonds is 1. The van der Waals surface area contributed by atoms with Crippen LogP contribution in [0.2, 0.25) is 0 Å². The van der Waals surface area contributed by atoms with Crippen LogP contribution in [0.3, 0.4) is 0 Å².